The minimum absolute atomic E-state index is 1.17. The molecule has 0 aliphatic carbocycles. The Morgan fingerprint density at radius 3 is 2.45 bits per heavy atom. The van der Waals surface area contributed by atoms with Crippen molar-refractivity contribution in [1.82, 2.24) is 5.32 Å². The van der Waals surface area contributed by atoms with Gasteiger partial charge < -0.3 is 5.32 Å². The summed E-state index contributed by atoms with van der Waals surface area (Å²) in [7, 11) is 1.17. The Labute approximate surface area is 72.1 Å². The first-order valence-corrected chi connectivity index (χ1v) is 6.33. The van der Waals surface area contributed by atoms with Crippen LogP contribution in [0.25, 0.3) is 0 Å². The van der Waals surface area contributed by atoms with Gasteiger partial charge in [0.1, 0.15) is 0 Å². The minimum Gasteiger partial charge on any atom is -0.313 e. The molecule has 0 saturated carbocycles. The monoisotopic (exact) mass is 173 g/mol. The van der Waals surface area contributed by atoms with Crippen LogP contribution in [0.2, 0.25) is 0 Å². The van der Waals surface area contributed by atoms with E-state index in [1.807, 2.05) is 0 Å². The van der Waals surface area contributed by atoms with Gasteiger partial charge in [0.25, 0.3) is 0 Å². The van der Waals surface area contributed by atoms with E-state index in [0.29, 0.717) is 0 Å². The van der Waals surface area contributed by atoms with E-state index in [0.717, 1.165) is 0 Å². The molecule has 11 heavy (non-hydrogen) atoms. The highest BCUT2D eigenvalue weighted by atomic mass is 31.1. The highest BCUT2D eigenvalue weighted by Gasteiger charge is 1.94. The highest BCUT2D eigenvalue weighted by Crippen LogP contribution is 2.14. The van der Waals surface area contributed by atoms with Gasteiger partial charge in [-0.3, -0.25) is 0 Å². The second-order valence-electron chi connectivity index (χ2n) is 3.30. The zero-order chi connectivity index (χ0) is 7.78. The Bertz CT molecular complexity index is 47.6. The Morgan fingerprint density at radius 1 is 0.818 bits per heavy atom. The normalized spacial score (nSPS) is 26.2. The molecule has 0 bridgehead atoms. The smallest absolute Gasteiger partial charge is 0.0127 e. The average molecular weight is 173 g/mol. The van der Waals surface area contributed by atoms with Gasteiger partial charge in [-0.2, -0.15) is 0 Å². The lowest BCUT2D eigenvalue weighted by Gasteiger charge is -2.01. The van der Waals surface area contributed by atoms with Crippen LogP contribution in [0.5, 0.6) is 0 Å². The van der Waals surface area contributed by atoms with Crippen molar-refractivity contribution in [2.45, 2.75) is 38.5 Å². The molecule has 1 N–H and O–H groups in total. The predicted molar refractivity (Wildman–Crippen MR) is 53.8 cm³/mol. The standard InChI is InChI=1S/C9H20NP/c1-2-4-6-8-11-9-10-7-5-3-1/h10-11H,1-9H2. The van der Waals surface area contributed by atoms with Crippen LogP contribution >= 0.6 is 8.58 Å². The summed E-state index contributed by atoms with van der Waals surface area (Å²) in [5, 5.41) is 3.50. The van der Waals surface area contributed by atoms with Crippen LogP contribution in [-0.4, -0.2) is 19.0 Å². The van der Waals surface area contributed by atoms with Gasteiger partial charge in [0.05, 0.1) is 0 Å². The van der Waals surface area contributed by atoms with Gasteiger partial charge in [-0.05, 0) is 25.5 Å². The van der Waals surface area contributed by atoms with Crippen LogP contribution in [0.3, 0.4) is 0 Å². The Balaban J connectivity index is 2.02. The second-order valence-corrected chi connectivity index (χ2v) is 4.65. The number of rotatable bonds is 0. The minimum atomic E-state index is 1.17. The van der Waals surface area contributed by atoms with E-state index < -0.39 is 0 Å². The molecule has 1 fully saturated rings. The average Bonchev–Trinajstić information content (AvgIpc) is 2.08. The molecule has 66 valence electrons. The molecule has 1 aliphatic heterocycles. The van der Waals surface area contributed by atoms with Gasteiger partial charge in [-0.1, -0.05) is 25.7 Å². The van der Waals surface area contributed by atoms with Crippen LogP contribution in [0.4, 0.5) is 0 Å². The third-order valence-corrected chi connectivity index (χ3v) is 3.41. The number of hydrogen-bond donors (Lipinski definition) is 1. The van der Waals surface area contributed by atoms with Crippen molar-refractivity contribution >= 4 is 8.58 Å². The third kappa shape index (κ3) is 5.64. The fourth-order valence-electron chi connectivity index (χ4n) is 1.47. The molecule has 0 spiro atoms. The van der Waals surface area contributed by atoms with E-state index in [1.54, 1.807) is 0 Å². The predicted octanol–water partition coefficient (Wildman–Crippen LogP) is 2.57. The van der Waals surface area contributed by atoms with Crippen molar-refractivity contribution in [3.05, 3.63) is 0 Å². The Morgan fingerprint density at radius 2 is 1.55 bits per heavy atom. The molecule has 1 aliphatic rings. The summed E-state index contributed by atoms with van der Waals surface area (Å²) in [6, 6.07) is 0. The molecule has 1 atom stereocenters. The summed E-state index contributed by atoms with van der Waals surface area (Å²) in [6.07, 6.45) is 11.5. The van der Waals surface area contributed by atoms with Gasteiger partial charge in [-0.25, -0.2) is 0 Å². The summed E-state index contributed by atoms with van der Waals surface area (Å²) in [6.45, 7) is 1.26. The highest BCUT2D eigenvalue weighted by molar-refractivity contribution is 7.37. The van der Waals surface area contributed by atoms with Gasteiger partial charge >= 0.3 is 0 Å². The molecule has 1 nitrogen and oxygen atoms in total. The van der Waals surface area contributed by atoms with E-state index in [4.69, 9.17) is 0 Å². The molecule has 0 aromatic rings. The zero-order valence-electron chi connectivity index (χ0n) is 7.36. The lowest BCUT2D eigenvalue weighted by Crippen LogP contribution is -2.13. The molecule has 0 aromatic heterocycles. The molecule has 0 amide bonds. The first-order chi connectivity index (χ1) is 5.50. The molecule has 1 rings (SSSR count). The van der Waals surface area contributed by atoms with E-state index >= 15 is 0 Å². The quantitative estimate of drug-likeness (QED) is 0.555. The fraction of sp³-hybridized carbons (Fsp3) is 1.00. The molecule has 0 radical (unpaired) electrons. The summed E-state index contributed by atoms with van der Waals surface area (Å²) in [5.41, 5.74) is 0. The maximum absolute atomic E-state index is 3.50. The summed E-state index contributed by atoms with van der Waals surface area (Å²) in [5.74, 6) is 0. The van der Waals surface area contributed by atoms with E-state index in [-0.39, 0.29) is 0 Å². The van der Waals surface area contributed by atoms with E-state index in [2.05, 4.69) is 5.32 Å². The van der Waals surface area contributed by atoms with Crippen LogP contribution in [0.15, 0.2) is 0 Å². The van der Waals surface area contributed by atoms with E-state index in [1.165, 1.54) is 66.1 Å². The maximum atomic E-state index is 3.50. The lowest BCUT2D eigenvalue weighted by molar-refractivity contribution is 0.595. The Kier molecular flexibility index (Phi) is 6.08. The van der Waals surface area contributed by atoms with Crippen molar-refractivity contribution in [2.75, 3.05) is 19.0 Å². The SMILES string of the molecule is C1CCCCPCNCCC1. The molecule has 1 unspecified atom stereocenters. The van der Waals surface area contributed by atoms with Crippen LogP contribution < -0.4 is 5.32 Å². The van der Waals surface area contributed by atoms with Crippen molar-refractivity contribution in [2.24, 2.45) is 0 Å². The molecule has 1 saturated heterocycles. The lowest BCUT2D eigenvalue weighted by atomic mass is 10.1. The van der Waals surface area contributed by atoms with Crippen molar-refractivity contribution < 1.29 is 0 Å². The van der Waals surface area contributed by atoms with Crippen LogP contribution in [0.1, 0.15) is 38.5 Å². The Hall–Kier alpha value is 0.390. The van der Waals surface area contributed by atoms with Gasteiger partial charge in [0.2, 0.25) is 0 Å². The molecule has 1 heterocycles. The maximum Gasteiger partial charge on any atom is 0.0127 e. The molecular weight excluding hydrogens is 153 g/mol. The fourth-order valence-corrected chi connectivity index (χ4v) is 2.50. The van der Waals surface area contributed by atoms with E-state index in [9.17, 15) is 0 Å². The van der Waals surface area contributed by atoms with Gasteiger partial charge in [0.15, 0.2) is 0 Å². The first-order valence-electron chi connectivity index (χ1n) is 4.91. The third-order valence-electron chi connectivity index (χ3n) is 2.21. The summed E-state index contributed by atoms with van der Waals surface area (Å²) < 4.78 is 0. The van der Waals surface area contributed by atoms with Crippen molar-refractivity contribution in [1.29, 1.82) is 0 Å². The first kappa shape index (κ1) is 9.48. The number of hydrogen-bond acceptors (Lipinski definition) is 1. The molecular formula is C9H20NP. The van der Waals surface area contributed by atoms with Gasteiger partial charge in [-0.15, -0.1) is 8.58 Å². The van der Waals surface area contributed by atoms with Crippen molar-refractivity contribution in [3.8, 4) is 0 Å². The molecule has 2 heteroatoms. The van der Waals surface area contributed by atoms with Crippen LogP contribution in [-0.2, 0) is 0 Å². The topological polar surface area (TPSA) is 12.0 Å². The van der Waals surface area contributed by atoms with Gasteiger partial charge in [0, 0.05) is 6.29 Å². The summed E-state index contributed by atoms with van der Waals surface area (Å²) in [4.78, 5) is 0. The molecule has 0 aromatic carbocycles. The largest absolute Gasteiger partial charge is 0.313 e. The second kappa shape index (κ2) is 7.06. The van der Waals surface area contributed by atoms with Crippen molar-refractivity contribution in [3.63, 3.8) is 0 Å². The zero-order valence-corrected chi connectivity index (χ0v) is 8.36. The number of nitrogens with one attached hydrogen (secondary N) is 1. The summed E-state index contributed by atoms with van der Waals surface area (Å²) >= 11 is 0. The van der Waals surface area contributed by atoms with Crippen LogP contribution in [0, 0.1) is 0 Å².